The Morgan fingerprint density at radius 1 is 1.26 bits per heavy atom. The molecule has 0 spiro atoms. The fourth-order valence-corrected chi connectivity index (χ4v) is 2.30. The summed E-state index contributed by atoms with van der Waals surface area (Å²) in [5, 5.41) is 20.5. The van der Waals surface area contributed by atoms with Crippen LogP contribution < -0.4 is 4.90 Å². The molecular weight excluding hydrogens is 244 g/mol. The number of hydrogen-bond donors (Lipinski definition) is 0. The van der Waals surface area contributed by atoms with Crippen molar-refractivity contribution in [3.8, 4) is 6.07 Å². The molecule has 0 bridgehead atoms. The molecule has 1 aliphatic heterocycles. The first-order valence-electron chi connectivity index (χ1n) is 6.20. The highest BCUT2D eigenvalue weighted by Gasteiger charge is 2.22. The molecule has 1 fully saturated rings. The molecule has 19 heavy (non-hydrogen) atoms. The largest absolute Gasteiger partial charge is 0.353 e. The van der Waals surface area contributed by atoms with Gasteiger partial charge in [-0.2, -0.15) is 9.78 Å². The third-order valence-electron chi connectivity index (χ3n) is 3.46. The normalized spacial score (nSPS) is 18.4. The second-order valence-corrected chi connectivity index (χ2v) is 4.54. The molecule has 0 N–H and O–H groups in total. The van der Waals surface area contributed by atoms with Gasteiger partial charge in [0.1, 0.15) is 0 Å². The summed E-state index contributed by atoms with van der Waals surface area (Å²) < 4.78 is 1.69. The first-order valence-corrected chi connectivity index (χ1v) is 6.20. The smallest absolute Gasteiger partial charge is 0.199 e. The van der Waals surface area contributed by atoms with Gasteiger partial charge in [-0.3, -0.25) is 9.88 Å². The van der Waals surface area contributed by atoms with E-state index in [1.807, 2.05) is 6.92 Å². The van der Waals surface area contributed by atoms with Crippen LogP contribution in [-0.4, -0.2) is 62.1 Å². The Morgan fingerprint density at radius 2 is 2.05 bits per heavy atom. The van der Waals surface area contributed by atoms with Crippen molar-refractivity contribution in [1.29, 1.82) is 5.26 Å². The first-order chi connectivity index (χ1) is 9.29. The highest BCUT2D eigenvalue weighted by molar-refractivity contribution is 5.46. The Hall–Kier alpha value is -2.27. The van der Waals surface area contributed by atoms with E-state index in [1.54, 1.807) is 16.9 Å². The van der Waals surface area contributed by atoms with Crippen LogP contribution in [-0.2, 0) is 0 Å². The maximum Gasteiger partial charge on any atom is 0.199 e. The highest BCUT2D eigenvalue weighted by Crippen LogP contribution is 2.16. The third kappa shape index (κ3) is 2.08. The van der Waals surface area contributed by atoms with Gasteiger partial charge in [0.15, 0.2) is 11.5 Å². The van der Waals surface area contributed by atoms with Gasteiger partial charge < -0.3 is 4.90 Å². The fraction of sp³-hybridized carbons (Fsp3) is 0.545. The number of nitriles is 1. The van der Waals surface area contributed by atoms with Crippen LogP contribution in [0.2, 0.25) is 0 Å². The second kappa shape index (κ2) is 4.78. The molecule has 2 aromatic rings. The zero-order chi connectivity index (χ0) is 13.2. The molecule has 0 radical (unpaired) electrons. The SMILES string of the molecule is CC(C#N)N1CCN(c2cncc3nnnn23)CC1. The van der Waals surface area contributed by atoms with E-state index in [1.165, 1.54) is 0 Å². The maximum atomic E-state index is 8.94. The molecule has 1 atom stereocenters. The Balaban J connectivity index is 1.79. The molecule has 8 nitrogen and oxygen atoms in total. The number of rotatable bonds is 2. The van der Waals surface area contributed by atoms with Crippen LogP contribution in [0, 0.1) is 11.3 Å². The topological polar surface area (TPSA) is 86.2 Å². The molecule has 0 aliphatic carbocycles. The molecule has 2 aromatic heterocycles. The van der Waals surface area contributed by atoms with Crippen molar-refractivity contribution in [3.63, 3.8) is 0 Å². The van der Waals surface area contributed by atoms with Gasteiger partial charge in [0.2, 0.25) is 0 Å². The van der Waals surface area contributed by atoms with Gasteiger partial charge in [-0.05, 0) is 17.4 Å². The van der Waals surface area contributed by atoms with Crippen molar-refractivity contribution in [2.75, 3.05) is 31.1 Å². The van der Waals surface area contributed by atoms with E-state index < -0.39 is 0 Å². The molecule has 1 unspecified atom stereocenters. The number of aromatic nitrogens is 5. The average molecular weight is 258 g/mol. The summed E-state index contributed by atoms with van der Waals surface area (Å²) in [5.41, 5.74) is 0.644. The number of tetrazole rings is 1. The highest BCUT2D eigenvalue weighted by atomic mass is 15.5. The summed E-state index contributed by atoms with van der Waals surface area (Å²) in [5.74, 6) is 0.895. The zero-order valence-electron chi connectivity index (χ0n) is 10.6. The van der Waals surface area contributed by atoms with Gasteiger partial charge in [-0.1, -0.05) is 0 Å². The third-order valence-corrected chi connectivity index (χ3v) is 3.46. The summed E-state index contributed by atoms with van der Waals surface area (Å²) in [4.78, 5) is 8.52. The Labute approximate surface area is 110 Å². The molecule has 3 heterocycles. The summed E-state index contributed by atoms with van der Waals surface area (Å²) in [6, 6.07) is 2.23. The quantitative estimate of drug-likeness (QED) is 0.721. The van der Waals surface area contributed by atoms with Crippen LogP contribution >= 0.6 is 0 Å². The minimum absolute atomic E-state index is 0.0379. The molecule has 98 valence electrons. The molecule has 0 amide bonds. The molecule has 0 aromatic carbocycles. The Kier molecular flexibility index (Phi) is 2.97. The van der Waals surface area contributed by atoms with E-state index in [2.05, 4.69) is 36.4 Å². The van der Waals surface area contributed by atoms with E-state index in [0.717, 1.165) is 32.0 Å². The Morgan fingerprint density at radius 3 is 2.79 bits per heavy atom. The summed E-state index contributed by atoms with van der Waals surface area (Å²) in [7, 11) is 0. The Bertz CT molecular complexity index is 606. The first kappa shape index (κ1) is 11.8. The monoisotopic (exact) mass is 258 g/mol. The molecule has 1 aliphatic rings. The number of hydrogen-bond acceptors (Lipinski definition) is 7. The van der Waals surface area contributed by atoms with Crippen LogP contribution in [0.4, 0.5) is 5.82 Å². The molecule has 1 saturated heterocycles. The standard InChI is InChI=1S/C11H14N8/c1-9(6-12)17-2-4-18(5-3-17)11-8-13-7-10-14-15-16-19(10)11/h7-9H,2-5H2,1H3. The van der Waals surface area contributed by atoms with Crippen LogP contribution in [0.1, 0.15) is 6.92 Å². The second-order valence-electron chi connectivity index (χ2n) is 4.54. The maximum absolute atomic E-state index is 8.94. The van der Waals surface area contributed by atoms with E-state index in [4.69, 9.17) is 5.26 Å². The van der Waals surface area contributed by atoms with E-state index in [0.29, 0.717) is 5.65 Å². The van der Waals surface area contributed by atoms with Crippen molar-refractivity contribution in [3.05, 3.63) is 12.4 Å². The van der Waals surface area contributed by atoms with Gasteiger partial charge >= 0.3 is 0 Å². The van der Waals surface area contributed by atoms with Crippen LogP contribution in [0.3, 0.4) is 0 Å². The number of nitrogens with zero attached hydrogens (tertiary/aromatic N) is 8. The number of piperazine rings is 1. The minimum atomic E-state index is -0.0379. The van der Waals surface area contributed by atoms with Crippen LogP contribution in [0.15, 0.2) is 12.4 Å². The molecule has 3 rings (SSSR count). The molecule has 0 saturated carbocycles. The lowest BCUT2D eigenvalue weighted by atomic mass is 10.2. The van der Waals surface area contributed by atoms with Gasteiger partial charge in [-0.25, -0.2) is 0 Å². The lowest BCUT2D eigenvalue weighted by molar-refractivity contribution is 0.231. The molecule has 8 heteroatoms. The van der Waals surface area contributed by atoms with Crippen molar-refractivity contribution < 1.29 is 0 Å². The predicted molar refractivity (Wildman–Crippen MR) is 67.4 cm³/mol. The van der Waals surface area contributed by atoms with Gasteiger partial charge in [0.25, 0.3) is 0 Å². The van der Waals surface area contributed by atoms with E-state index in [-0.39, 0.29) is 6.04 Å². The summed E-state index contributed by atoms with van der Waals surface area (Å²) >= 11 is 0. The van der Waals surface area contributed by atoms with Crippen molar-refractivity contribution in [2.24, 2.45) is 0 Å². The summed E-state index contributed by atoms with van der Waals surface area (Å²) in [6.07, 6.45) is 3.41. The fourth-order valence-electron chi connectivity index (χ4n) is 2.30. The zero-order valence-corrected chi connectivity index (χ0v) is 10.6. The summed E-state index contributed by atoms with van der Waals surface area (Å²) in [6.45, 7) is 5.32. The van der Waals surface area contributed by atoms with Gasteiger partial charge in [-0.15, -0.1) is 5.10 Å². The van der Waals surface area contributed by atoms with Crippen LogP contribution in [0.25, 0.3) is 5.65 Å². The lowest BCUT2D eigenvalue weighted by Crippen LogP contribution is -2.49. The number of anilines is 1. The average Bonchev–Trinajstić information content (AvgIpc) is 2.95. The van der Waals surface area contributed by atoms with Crippen molar-refractivity contribution >= 4 is 11.5 Å². The van der Waals surface area contributed by atoms with Gasteiger partial charge in [0, 0.05) is 26.2 Å². The van der Waals surface area contributed by atoms with Crippen LogP contribution in [0.5, 0.6) is 0 Å². The minimum Gasteiger partial charge on any atom is -0.353 e. The predicted octanol–water partition coefficient (Wildman–Crippen LogP) is -0.447. The van der Waals surface area contributed by atoms with Gasteiger partial charge in [0.05, 0.1) is 24.5 Å². The molecular formula is C11H14N8. The lowest BCUT2D eigenvalue weighted by Gasteiger charge is -2.36. The van der Waals surface area contributed by atoms with E-state index in [9.17, 15) is 0 Å². The van der Waals surface area contributed by atoms with E-state index >= 15 is 0 Å². The van der Waals surface area contributed by atoms with Crippen molar-refractivity contribution in [2.45, 2.75) is 13.0 Å². The number of fused-ring (bicyclic) bond motifs is 1. The van der Waals surface area contributed by atoms with Crippen molar-refractivity contribution in [1.82, 2.24) is 29.9 Å².